The lowest BCUT2D eigenvalue weighted by molar-refractivity contribution is -0.112. The second kappa shape index (κ2) is 6.34. The van der Waals surface area contributed by atoms with Gasteiger partial charge in [0, 0.05) is 11.1 Å². The minimum absolute atomic E-state index is 0.187. The van der Waals surface area contributed by atoms with Gasteiger partial charge >= 0.3 is 0 Å². The predicted octanol–water partition coefficient (Wildman–Crippen LogP) is 3.15. The molecule has 0 unspecified atom stereocenters. The van der Waals surface area contributed by atoms with Crippen molar-refractivity contribution in [2.24, 2.45) is 0 Å². The number of benzene rings is 2. The number of hydrogen-bond donors (Lipinski definition) is 0. The molecule has 0 bridgehead atoms. The number of carbonyl (C=O) groups is 1. The van der Waals surface area contributed by atoms with Crippen LogP contribution in [0.1, 0.15) is 11.1 Å². The Hall–Kier alpha value is -2.46. The molecule has 0 atom stereocenters. The van der Waals surface area contributed by atoms with E-state index >= 15 is 0 Å². The van der Waals surface area contributed by atoms with Crippen molar-refractivity contribution in [2.45, 2.75) is 0 Å². The van der Waals surface area contributed by atoms with Crippen LogP contribution in [-0.4, -0.2) is 25.7 Å². The van der Waals surface area contributed by atoms with E-state index in [1.807, 2.05) is 60.7 Å². The summed E-state index contributed by atoms with van der Waals surface area (Å²) >= 11 is 0. The first-order valence-corrected chi connectivity index (χ1v) is 9.12. The van der Waals surface area contributed by atoms with E-state index < -0.39 is 9.84 Å². The van der Waals surface area contributed by atoms with Gasteiger partial charge in [0.25, 0.3) is 0 Å². The lowest BCUT2D eigenvalue weighted by Gasteiger charge is -2.17. The van der Waals surface area contributed by atoms with Crippen LogP contribution in [0.3, 0.4) is 0 Å². The summed E-state index contributed by atoms with van der Waals surface area (Å²) in [6.07, 6.45) is 3.33. The Balaban J connectivity index is 2.01. The van der Waals surface area contributed by atoms with E-state index in [9.17, 15) is 13.2 Å². The zero-order chi connectivity index (χ0) is 16.3. The monoisotopic (exact) mass is 324 g/mol. The zero-order valence-corrected chi connectivity index (χ0v) is 13.3. The van der Waals surface area contributed by atoms with E-state index in [-0.39, 0.29) is 17.3 Å². The van der Waals surface area contributed by atoms with Crippen LogP contribution in [0.4, 0.5) is 0 Å². The average Bonchev–Trinajstić information content (AvgIpc) is 2.53. The van der Waals surface area contributed by atoms with Crippen LogP contribution >= 0.6 is 0 Å². The van der Waals surface area contributed by atoms with Crippen LogP contribution in [0.5, 0.6) is 0 Å². The van der Waals surface area contributed by atoms with Gasteiger partial charge in [0.1, 0.15) is 0 Å². The molecule has 2 aromatic rings. The third-order valence-electron chi connectivity index (χ3n) is 3.62. The third-order valence-corrected chi connectivity index (χ3v) is 5.12. The Bertz CT molecular complexity index is 809. The topological polar surface area (TPSA) is 51.2 Å². The molecule has 1 aliphatic heterocycles. The van der Waals surface area contributed by atoms with Crippen molar-refractivity contribution >= 4 is 27.8 Å². The highest BCUT2D eigenvalue weighted by Crippen LogP contribution is 2.23. The fraction of sp³-hybridized carbons (Fsp3) is 0.105. The molecule has 0 amide bonds. The second-order valence-corrected chi connectivity index (χ2v) is 7.59. The number of sulfone groups is 1. The average molecular weight is 324 g/mol. The highest BCUT2D eigenvalue weighted by Gasteiger charge is 2.30. The fourth-order valence-corrected chi connectivity index (χ4v) is 4.06. The molecule has 0 N–H and O–H groups in total. The van der Waals surface area contributed by atoms with Crippen molar-refractivity contribution in [1.29, 1.82) is 0 Å². The van der Waals surface area contributed by atoms with E-state index in [1.54, 1.807) is 12.2 Å². The summed E-state index contributed by atoms with van der Waals surface area (Å²) in [6, 6.07) is 18.6. The molecule has 0 aromatic heterocycles. The summed E-state index contributed by atoms with van der Waals surface area (Å²) < 4.78 is 24.3. The van der Waals surface area contributed by atoms with Crippen molar-refractivity contribution in [3.63, 3.8) is 0 Å². The molecule has 4 heteroatoms. The van der Waals surface area contributed by atoms with Crippen LogP contribution in [-0.2, 0) is 14.6 Å². The molecular weight excluding hydrogens is 308 g/mol. The molecule has 3 nitrogen and oxygen atoms in total. The maximum atomic E-state index is 12.6. The highest BCUT2D eigenvalue weighted by molar-refractivity contribution is 7.92. The second-order valence-electron chi connectivity index (χ2n) is 5.52. The Morgan fingerprint density at radius 3 is 1.48 bits per heavy atom. The lowest BCUT2D eigenvalue weighted by atomic mass is 10.0. The Labute approximate surface area is 135 Å². The summed E-state index contributed by atoms with van der Waals surface area (Å²) in [5.74, 6) is -0.591. The zero-order valence-electron chi connectivity index (χ0n) is 12.5. The van der Waals surface area contributed by atoms with Crippen molar-refractivity contribution in [3.8, 4) is 0 Å². The van der Waals surface area contributed by atoms with E-state index in [4.69, 9.17) is 0 Å². The lowest BCUT2D eigenvalue weighted by Crippen LogP contribution is -2.28. The van der Waals surface area contributed by atoms with Gasteiger partial charge in [0.15, 0.2) is 15.6 Å². The number of carbonyl (C=O) groups excluding carboxylic acids is 1. The first-order valence-electron chi connectivity index (χ1n) is 7.30. The van der Waals surface area contributed by atoms with E-state index in [1.165, 1.54) is 0 Å². The quantitative estimate of drug-likeness (QED) is 0.797. The van der Waals surface area contributed by atoms with Gasteiger partial charge in [-0.3, -0.25) is 4.79 Å². The molecule has 2 aromatic carbocycles. The maximum Gasteiger partial charge on any atom is 0.187 e. The molecule has 1 heterocycles. The van der Waals surface area contributed by atoms with Gasteiger partial charge in [0.05, 0.1) is 11.5 Å². The summed E-state index contributed by atoms with van der Waals surface area (Å²) in [5, 5.41) is 0. The van der Waals surface area contributed by atoms with Crippen LogP contribution in [0.2, 0.25) is 0 Å². The molecule has 3 rings (SSSR count). The molecule has 0 spiro atoms. The van der Waals surface area contributed by atoms with Gasteiger partial charge in [-0.05, 0) is 23.3 Å². The van der Waals surface area contributed by atoms with E-state index in [0.29, 0.717) is 11.1 Å². The Morgan fingerprint density at radius 2 is 1.09 bits per heavy atom. The van der Waals surface area contributed by atoms with Gasteiger partial charge < -0.3 is 0 Å². The number of Topliss-reactive ketones (excluding diaryl/α,β-unsaturated/α-hetero) is 1. The highest BCUT2D eigenvalue weighted by atomic mass is 32.2. The van der Waals surface area contributed by atoms with Crippen molar-refractivity contribution in [2.75, 3.05) is 11.5 Å². The smallest absolute Gasteiger partial charge is 0.187 e. The van der Waals surface area contributed by atoms with Gasteiger partial charge in [-0.25, -0.2) is 8.42 Å². The maximum absolute atomic E-state index is 12.6. The van der Waals surface area contributed by atoms with Crippen LogP contribution in [0.15, 0.2) is 71.8 Å². The largest absolute Gasteiger partial charge is 0.289 e. The molecule has 23 heavy (non-hydrogen) atoms. The first-order chi connectivity index (χ1) is 11.0. The van der Waals surface area contributed by atoms with E-state index in [0.717, 1.165) is 11.1 Å². The SMILES string of the molecule is O=C1/C(=C/c2ccccc2)CS(=O)(=O)C/C1=C/c1ccccc1. The van der Waals surface area contributed by atoms with Crippen molar-refractivity contribution < 1.29 is 13.2 Å². The molecule has 0 radical (unpaired) electrons. The number of hydrogen-bond acceptors (Lipinski definition) is 3. The molecule has 0 saturated carbocycles. The molecule has 116 valence electrons. The van der Waals surface area contributed by atoms with Crippen molar-refractivity contribution in [1.82, 2.24) is 0 Å². The third kappa shape index (κ3) is 3.85. The van der Waals surface area contributed by atoms with Gasteiger partial charge in [-0.2, -0.15) is 0 Å². The van der Waals surface area contributed by atoms with E-state index in [2.05, 4.69) is 0 Å². The summed E-state index contributed by atoms with van der Waals surface area (Å²) in [4.78, 5) is 12.6. The fourth-order valence-electron chi connectivity index (χ4n) is 2.58. The molecule has 1 fully saturated rings. The summed E-state index contributed by atoms with van der Waals surface area (Å²) in [5.41, 5.74) is 2.30. The Kier molecular flexibility index (Phi) is 4.26. The summed E-state index contributed by atoms with van der Waals surface area (Å²) in [6.45, 7) is 0. The molecule has 1 aliphatic rings. The van der Waals surface area contributed by atoms with Crippen molar-refractivity contribution in [3.05, 3.63) is 82.9 Å². The van der Waals surface area contributed by atoms with Crippen LogP contribution < -0.4 is 0 Å². The normalized spacial score (nSPS) is 20.8. The predicted molar refractivity (Wildman–Crippen MR) is 92.5 cm³/mol. The molecule has 1 saturated heterocycles. The summed E-state index contributed by atoms with van der Waals surface area (Å²) in [7, 11) is -3.31. The number of ketones is 1. The standard InChI is InChI=1S/C19H16O3S/c20-19-17(11-15-7-3-1-4-8-15)13-23(21,22)14-18(19)12-16-9-5-2-6-10-16/h1-12H,13-14H2/b17-11-,18-12+. The number of rotatable bonds is 2. The van der Waals surface area contributed by atoms with Gasteiger partial charge in [-0.1, -0.05) is 60.7 Å². The minimum Gasteiger partial charge on any atom is -0.289 e. The Morgan fingerprint density at radius 1 is 0.696 bits per heavy atom. The first kappa shape index (κ1) is 15.4. The van der Waals surface area contributed by atoms with Crippen LogP contribution in [0.25, 0.3) is 12.2 Å². The van der Waals surface area contributed by atoms with Crippen LogP contribution in [0, 0.1) is 0 Å². The van der Waals surface area contributed by atoms with Gasteiger partial charge in [0.2, 0.25) is 0 Å². The molecule has 0 aliphatic carbocycles. The van der Waals surface area contributed by atoms with Gasteiger partial charge in [-0.15, -0.1) is 0 Å². The molecular formula is C19H16O3S. The minimum atomic E-state index is -3.31.